The molecule has 0 saturated carbocycles. The van der Waals surface area contributed by atoms with Crippen LogP contribution in [0, 0.1) is 6.92 Å². The van der Waals surface area contributed by atoms with E-state index in [9.17, 15) is 5.11 Å². The van der Waals surface area contributed by atoms with Crippen LogP contribution in [0.3, 0.4) is 0 Å². The molecule has 18 heavy (non-hydrogen) atoms. The van der Waals surface area contributed by atoms with Gasteiger partial charge >= 0.3 is 0 Å². The Kier molecular flexibility index (Phi) is 3.78. The molecule has 0 amide bonds. The Hall–Kier alpha value is -1.67. The van der Waals surface area contributed by atoms with E-state index in [2.05, 4.69) is 5.32 Å². The van der Waals surface area contributed by atoms with Crippen molar-refractivity contribution in [2.45, 2.75) is 19.9 Å². The maximum absolute atomic E-state index is 9.82. The first-order chi connectivity index (χ1) is 8.58. The molecule has 0 fully saturated rings. The fourth-order valence-corrected chi connectivity index (χ4v) is 2.09. The van der Waals surface area contributed by atoms with Gasteiger partial charge in [-0.1, -0.05) is 35.9 Å². The Balaban J connectivity index is 2.24. The normalized spacial score (nSPS) is 12.2. The number of phenolic OH excluding ortho intramolecular Hbond substituents is 1. The van der Waals surface area contributed by atoms with E-state index in [0.29, 0.717) is 10.8 Å². The zero-order chi connectivity index (χ0) is 13.1. The van der Waals surface area contributed by atoms with E-state index in [1.54, 1.807) is 6.07 Å². The molecule has 0 aliphatic heterocycles. The van der Waals surface area contributed by atoms with Crippen LogP contribution in [0.5, 0.6) is 5.75 Å². The van der Waals surface area contributed by atoms with Gasteiger partial charge in [-0.05, 0) is 37.6 Å². The highest BCUT2D eigenvalue weighted by atomic mass is 35.5. The summed E-state index contributed by atoms with van der Waals surface area (Å²) >= 11 is 5.99. The molecule has 0 spiro atoms. The first kappa shape index (κ1) is 12.8. The Morgan fingerprint density at radius 3 is 2.61 bits per heavy atom. The van der Waals surface area contributed by atoms with Crippen molar-refractivity contribution in [3.8, 4) is 5.75 Å². The number of hydrogen-bond donors (Lipinski definition) is 2. The number of benzene rings is 2. The number of rotatable bonds is 3. The Labute approximate surface area is 112 Å². The van der Waals surface area contributed by atoms with E-state index in [1.807, 2.05) is 50.2 Å². The third-order valence-electron chi connectivity index (χ3n) is 2.97. The fraction of sp³-hybridized carbons (Fsp3) is 0.200. The van der Waals surface area contributed by atoms with Crippen molar-refractivity contribution in [1.82, 2.24) is 0 Å². The maximum atomic E-state index is 9.82. The van der Waals surface area contributed by atoms with E-state index < -0.39 is 0 Å². The molecule has 0 aliphatic rings. The van der Waals surface area contributed by atoms with Gasteiger partial charge in [0.15, 0.2) is 0 Å². The summed E-state index contributed by atoms with van der Waals surface area (Å²) in [6.07, 6.45) is 0. The number of aryl methyl sites for hydroxylation is 1. The molecule has 3 heteroatoms. The highest BCUT2D eigenvalue weighted by Crippen LogP contribution is 2.29. The predicted molar refractivity (Wildman–Crippen MR) is 76.3 cm³/mol. The van der Waals surface area contributed by atoms with Gasteiger partial charge in [0.05, 0.1) is 6.04 Å². The van der Waals surface area contributed by atoms with Crippen molar-refractivity contribution in [2.75, 3.05) is 5.32 Å². The number of phenols is 1. The lowest BCUT2D eigenvalue weighted by atomic mass is 10.1. The molecule has 0 aliphatic carbocycles. The van der Waals surface area contributed by atoms with Gasteiger partial charge in [0.1, 0.15) is 5.75 Å². The Morgan fingerprint density at radius 1 is 1.17 bits per heavy atom. The van der Waals surface area contributed by atoms with Gasteiger partial charge in [0.2, 0.25) is 0 Å². The summed E-state index contributed by atoms with van der Waals surface area (Å²) in [5.41, 5.74) is 2.98. The van der Waals surface area contributed by atoms with Crippen LogP contribution >= 0.6 is 11.6 Å². The van der Waals surface area contributed by atoms with Crippen molar-refractivity contribution in [2.24, 2.45) is 0 Å². The molecule has 2 N–H and O–H groups in total. The highest BCUT2D eigenvalue weighted by molar-refractivity contribution is 6.30. The smallest absolute Gasteiger partial charge is 0.120 e. The molecular weight excluding hydrogens is 246 g/mol. The minimum atomic E-state index is 0.0170. The summed E-state index contributed by atoms with van der Waals surface area (Å²) in [4.78, 5) is 0. The molecule has 2 aromatic rings. The molecule has 1 unspecified atom stereocenters. The van der Waals surface area contributed by atoms with Gasteiger partial charge in [0.25, 0.3) is 0 Å². The number of aromatic hydroxyl groups is 1. The Morgan fingerprint density at radius 2 is 1.89 bits per heavy atom. The van der Waals surface area contributed by atoms with Gasteiger partial charge in [-0.25, -0.2) is 0 Å². The summed E-state index contributed by atoms with van der Waals surface area (Å²) in [7, 11) is 0. The monoisotopic (exact) mass is 261 g/mol. The Bertz CT molecular complexity index is 554. The summed E-state index contributed by atoms with van der Waals surface area (Å²) in [6, 6.07) is 13.1. The van der Waals surface area contributed by atoms with Crippen LogP contribution in [0.25, 0.3) is 0 Å². The van der Waals surface area contributed by atoms with Gasteiger partial charge in [-0.3, -0.25) is 0 Å². The van der Waals surface area contributed by atoms with Gasteiger partial charge in [-0.15, -0.1) is 0 Å². The van der Waals surface area contributed by atoms with E-state index >= 15 is 0 Å². The molecule has 94 valence electrons. The van der Waals surface area contributed by atoms with Crippen molar-refractivity contribution >= 4 is 17.3 Å². The van der Waals surface area contributed by atoms with Crippen LogP contribution in [0.15, 0.2) is 42.5 Å². The molecule has 0 radical (unpaired) electrons. The van der Waals surface area contributed by atoms with Crippen molar-refractivity contribution in [3.05, 3.63) is 58.6 Å². The lowest BCUT2D eigenvalue weighted by Crippen LogP contribution is -2.07. The topological polar surface area (TPSA) is 32.3 Å². The summed E-state index contributed by atoms with van der Waals surface area (Å²) in [5.74, 6) is 0.303. The number of hydrogen-bond acceptors (Lipinski definition) is 2. The number of nitrogens with one attached hydrogen (secondary N) is 1. The number of para-hydroxylation sites is 1. The highest BCUT2D eigenvalue weighted by Gasteiger charge is 2.10. The SMILES string of the molecule is Cc1ccc(Cl)cc1NC(C)c1ccccc1O. The molecule has 2 aromatic carbocycles. The predicted octanol–water partition coefficient (Wildman–Crippen LogP) is 4.53. The zero-order valence-electron chi connectivity index (χ0n) is 10.4. The minimum Gasteiger partial charge on any atom is -0.508 e. The average Bonchev–Trinajstić information content (AvgIpc) is 2.34. The van der Waals surface area contributed by atoms with E-state index in [4.69, 9.17) is 11.6 Å². The van der Waals surface area contributed by atoms with Gasteiger partial charge < -0.3 is 10.4 Å². The van der Waals surface area contributed by atoms with Crippen LogP contribution < -0.4 is 5.32 Å². The molecule has 0 aromatic heterocycles. The van der Waals surface area contributed by atoms with Gasteiger partial charge in [-0.2, -0.15) is 0 Å². The number of anilines is 1. The van der Waals surface area contributed by atoms with Crippen LogP contribution in [-0.2, 0) is 0 Å². The first-order valence-corrected chi connectivity index (χ1v) is 6.26. The lowest BCUT2D eigenvalue weighted by molar-refractivity contribution is 0.465. The van der Waals surface area contributed by atoms with Crippen molar-refractivity contribution in [3.63, 3.8) is 0 Å². The molecule has 0 bridgehead atoms. The lowest BCUT2D eigenvalue weighted by Gasteiger charge is -2.18. The van der Waals surface area contributed by atoms with Crippen molar-refractivity contribution in [1.29, 1.82) is 0 Å². The molecular formula is C15H16ClNO. The second-order valence-corrected chi connectivity index (χ2v) is 4.82. The first-order valence-electron chi connectivity index (χ1n) is 5.88. The zero-order valence-corrected chi connectivity index (χ0v) is 11.2. The molecule has 0 saturated heterocycles. The summed E-state index contributed by atoms with van der Waals surface area (Å²) in [6.45, 7) is 4.03. The second-order valence-electron chi connectivity index (χ2n) is 4.38. The van der Waals surface area contributed by atoms with Crippen LogP contribution in [-0.4, -0.2) is 5.11 Å². The fourth-order valence-electron chi connectivity index (χ4n) is 1.91. The van der Waals surface area contributed by atoms with Crippen LogP contribution in [0.1, 0.15) is 24.1 Å². The summed E-state index contributed by atoms with van der Waals surface area (Å²) in [5, 5.41) is 13.9. The van der Waals surface area contributed by atoms with Gasteiger partial charge in [0, 0.05) is 16.3 Å². The second kappa shape index (κ2) is 5.32. The van der Waals surface area contributed by atoms with E-state index in [1.165, 1.54) is 0 Å². The average molecular weight is 262 g/mol. The van der Waals surface area contributed by atoms with E-state index in [0.717, 1.165) is 16.8 Å². The third-order valence-corrected chi connectivity index (χ3v) is 3.21. The van der Waals surface area contributed by atoms with Crippen LogP contribution in [0.4, 0.5) is 5.69 Å². The van der Waals surface area contributed by atoms with E-state index in [-0.39, 0.29) is 6.04 Å². The molecule has 1 atom stereocenters. The van der Waals surface area contributed by atoms with Crippen LogP contribution in [0.2, 0.25) is 5.02 Å². The number of halogens is 1. The quantitative estimate of drug-likeness (QED) is 0.851. The molecule has 2 nitrogen and oxygen atoms in total. The van der Waals surface area contributed by atoms with Crippen molar-refractivity contribution < 1.29 is 5.11 Å². The molecule has 2 rings (SSSR count). The standard InChI is InChI=1S/C15H16ClNO/c1-10-7-8-12(16)9-14(10)17-11(2)13-5-3-4-6-15(13)18/h3-9,11,17-18H,1-2H3. The largest absolute Gasteiger partial charge is 0.508 e. The molecule has 0 heterocycles. The summed E-state index contributed by atoms with van der Waals surface area (Å²) < 4.78 is 0. The maximum Gasteiger partial charge on any atom is 0.120 e. The third kappa shape index (κ3) is 2.77. The minimum absolute atomic E-state index is 0.0170.